The Balaban J connectivity index is 1.72. The van der Waals surface area contributed by atoms with Gasteiger partial charge in [-0.2, -0.15) is 0 Å². The summed E-state index contributed by atoms with van der Waals surface area (Å²) in [6.45, 7) is 3.82. The molecule has 10 heteroatoms. The number of hydrogen-bond donors (Lipinski definition) is 2. The van der Waals surface area contributed by atoms with Crippen molar-refractivity contribution in [2.45, 2.75) is 52.0 Å². The first kappa shape index (κ1) is 26.0. The molecule has 9 nitrogen and oxygen atoms in total. The number of nitrogens with zero attached hydrogens (tertiary/aromatic N) is 2. The van der Waals surface area contributed by atoms with E-state index >= 15 is 0 Å². The van der Waals surface area contributed by atoms with Crippen LogP contribution < -0.4 is 5.32 Å². The van der Waals surface area contributed by atoms with Crippen LogP contribution in [0.25, 0.3) is 22.4 Å². The summed E-state index contributed by atoms with van der Waals surface area (Å²) in [7, 11) is 1.57. The Morgan fingerprint density at radius 3 is 2.58 bits per heavy atom. The van der Waals surface area contributed by atoms with Crippen LogP contribution in [-0.4, -0.2) is 48.6 Å². The number of carboxylic acids is 1. The van der Waals surface area contributed by atoms with Gasteiger partial charge in [0.2, 0.25) is 5.71 Å². The molecule has 1 amide bonds. The topological polar surface area (TPSA) is 136 Å². The molecule has 0 aliphatic heterocycles. The number of fused-ring (bicyclic) bond motifs is 1. The second-order valence-corrected chi connectivity index (χ2v) is 10.3. The first-order valence-corrected chi connectivity index (χ1v) is 13.0. The van der Waals surface area contributed by atoms with Gasteiger partial charge in [0.05, 0.1) is 29.1 Å². The zero-order valence-corrected chi connectivity index (χ0v) is 21.4. The standard InChI is InChI=1S/C26H31N3O6S/c1-15-6-8-18(9-7-15)23-22(24(30)27-3)20-13-19(17-10-11-17)21(28-25(20)35-23)14-29(36(33)34)12-4-5-16(2)26(31)32/h6-9,13,16-17H,4-5,10-12,14H2,1-3H3,(H,27,30)(H,31,32)(H,33,34)/p-1/t16-/m0/s1. The van der Waals surface area contributed by atoms with Crippen molar-refractivity contribution in [3.8, 4) is 11.3 Å². The lowest BCUT2D eigenvalue weighted by Crippen LogP contribution is -2.28. The van der Waals surface area contributed by atoms with Gasteiger partial charge < -0.3 is 19.4 Å². The number of aliphatic carboxylic acids is 1. The van der Waals surface area contributed by atoms with Crippen LogP contribution >= 0.6 is 0 Å². The molecule has 1 aromatic carbocycles. The molecule has 1 unspecified atom stereocenters. The Morgan fingerprint density at radius 2 is 2.00 bits per heavy atom. The summed E-state index contributed by atoms with van der Waals surface area (Å²) >= 11 is -2.50. The molecule has 1 fully saturated rings. The number of carbonyl (C=O) groups is 2. The molecule has 1 aliphatic rings. The monoisotopic (exact) mass is 512 g/mol. The Bertz CT molecular complexity index is 1300. The summed E-state index contributed by atoms with van der Waals surface area (Å²) in [6.07, 6.45) is 2.73. The minimum atomic E-state index is -2.50. The largest absolute Gasteiger partial charge is 0.760 e. The fraction of sp³-hybridized carbons (Fsp3) is 0.423. The summed E-state index contributed by atoms with van der Waals surface area (Å²) in [5.41, 5.74) is 4.02. The van der Waals surface area contributed by atoms with E-state index in [2.05, 4.69) is 5.32 Å². The summed E-state index contributed by atoms with van der Waals surface area (Å²) in [4.78, 5) is 28.7. The summed E-state index contributed by atoms with van der Waals surface area (Å²) in [6, 6.07) is 9.58. The SMILES string of the molecule is CNC(=O)c1c(-c2ccc(C)cc2)oc2nc(CN(CCC[C@H](C)C(=O)O)S(=O)[O-])c(C3CC3)cc12. The predicted molar refractivity (Wildman–Crippen MR) is 135 cm³/mol. The van der Waals surface area contributed by atoms with Gasteiger partial charge in [-0.1, -0.05) is 36.8 Å². The molecule has 1 saturated carbocycles. The molecule has 36 heavy (non-hydrogen) atoms. The molecule has 2 heterocycles. The Labute approximate surface area is 212 Å². The van der Waals surface area contributed by atoms with Gasteiger partial charge in [-0.3, -0.25) is 13.8 Å². The molecule has 1 aliphatic carbocycles. The van der Waals surface area contributed by atoms with Crippen LogP contribution in [0.4, 0.5) is 0 Å². The van der Waals surface area contributed by atoms with Gasteiger partial charge in [-0.25, -0.2) is 9.29 Å². The molecule has 0 radical (unpaired) electrons. The Morgan fingerprint density at radius 1 is 1.31 bits per heavy atom. The van der Waals surface area contributed by atoms with Crippen molar-refractivity contribution >= 4 is 34.2 Å². The molecule has 0 spiro atoms. The van der Waals surface area contributed by atoms with Crippen LogP contribution in [0.3, 0.4) is 0 Å². The van der Waals surface area contributed by atoms with E-state index in [9.17, 15) is 18.4 Å². The first-order chi connectivity index (χ1) is 17.2. The molecule has 2 atom stereocenters. The van der Waals surface area contributed by atoms with E-state index in [1.165, 1.54) is 4.31 Å². The Kier molecular flexibility index (Phi) is 7.87. The maximum absolute atomic E-state index is 12.9. The highest BCUT2D eigenvalue weighted by molar-refractivity contribution is 7.76. The van der Waals surface area contributed by atoms with Crippen molar-refractivity contribution in [1.82, 2.24) is 14.6 Å². The van der Waals surface area contributed by atoms with Crippen molar-refractivity contribution in [3.63, 3.8) is 0 Å². The van der Waals surface area contributed by atoms with Crippen molar-refractivity contribution in [2.24, 2.45) is 5.92 Å². The minimum absolute atomic E-state index is 0.0508. The second kappa shape index (κ2) is 10.9. The highest BCUT2D eigenvalue weighted by Gasteiger charge is 2.31. The second-order valence-electron chi connectivity index (χ2n) is 9.36. The number of furan rings is 1. The molecule has 3 aromatic rings. The predicted octanol–water partition coefficient (Wildman–Crippen LogP) is 4.14. The van der Waals surface area contributed by atoms with Crippen molar-refractivity contribution in [3.05, 3.63) is 52.7 Å². The molecule has 0 bridgehead atoms. The van der Waals surface area contributed by atoms with E-state index in [0.29, 0.717) is 35.2 Å². The fourth-order valence-corrected chi connectivity index (χ4v) is 4.78. The average Bonchev–Trinajstić information content (AvgIpc) is 3.63. The molecule has 0 saturated heterocycles. The third kappa shape index (κ3) is 5.66. The third-order valence-corrected chi connectivity index (χ3v) is 7.32. The molecule has 4 rings (SSSR count). The van der Waals surface area contributed by atoms with Gasteiger partial charge in [0.25, 0.3) is 5.91 Å². The lowest BCUT2D eigenvalue weighted by Gasteiger charge is -2.25. The minimum Gasteiger partial charge on any atom is -0.760 e. The van der Waals surface area contributed by atoms with Crippen molar-refractivity contribution in [2.75, 3.05) is 13.6 Å². The smallest absolute Gasteiger partial charge is 0.306 e. The van der Waals surface area contributed by atoms with Crippen LogP contribution in [0.1, 0.15) is 65.7 Å². The van der Waals surface area contributed by atoms with Crippen LogP contribution in [0, 0.1) is 12.8 Å². The number of carbonyl (C=O) groups excluding carboxylic acids is 1. The van der Waals surface area contributed by atoms with Gasteiger partial charge >= 0.3 is 5.97 Å². The number of benzene rings is 1. The van der Waals surface area contributed by atoms with Crippen molar-refractivity contribution < 1.29 is 27.9 Å². The van der Waals surface area contributed by atoms with E-state index in [1.807, 2.05) is 37.3 Å². The molecular formula is C26H30N3O6S-. The number of aryl methyl sites for hydroxylation is 1. The molecule has 2 N–H and O–H groups in total. The highest BCUT2D eigenvalue weighted by atomic mass is 32.2. The van der Waals surface area contributed by atoms with Crippen LogP contribution in [0.5, 0.6) is 0 Å². The highest BCUT2D eigenvalue weighted by Crippen LogP contribution is 2.44. The van der Waals surface area contributed by atoms with Gasteiger partial charge in [-0.15, -0.1) is 0 Å². The van der Waals surface area contributed by atoms with E-state index in [1.54, 1.807) is 14.0 Å². The summed E-state index contributed by atoms with van der Waals surface area (Å²) < 4.78 is 31.3. The normalized spacial score (nSPS) is 15.2. The maximum Gasteiger partial charge on any atom is 0.306 e. The van der Waals surface area contributed by atoms with E-state index in [0.717, 1.165) is 29.5 Å². The average molecular weight is 513 g/mol. The number of aromatic nitrogens is 1. The first-order valence-electron chi connectivity index (χ1n) is 12.0. The van der Waals surface area contributed by atoms with Crippen molar-refractivity contribution in [1.29, 1.82) is 0 Å². The number of rotatable bonds is 11. The summed E-state index contributed by atoms with van der Waals surface area (Å²) in [5.74, 6) is -1.06. The number of hydrogen-bond acceptors (Lipinski definition) is 6. The molecule has 192 valence electrons. The van der Waals surface area contributed by atoms with Crippen LogP contribution in [0.15, 0.2) is 34.7 Å². The van der Waals surface area contributed by atoms with Gasteiger partial charge in [0, 0.05) is 30.4 Å². The lowest BCUT2D eigenvalue weighted by atomic mass is 10.0. The number of amides is 1. The van der Waals surface area contributed by atoms with Gasteiger partial charge in [0.1, 0.15) is 5.76 Å². The van der Waals surface area contributed by atoms with Crippen LogP contribution in [-0.2, 0) is 22.6 Å². The number of pyridine rings is 1. The van der Waals surface area contributed by atoms with Gasteiger partial charge in [-0.05, 0) is 50.2 Å². The lowest BCUT2D eigenvalue weighted by molar-refractivity contribution is -0.141. The Hall–Kier alpha value is -3.08. The molecule has 2 aromatic heterocycles. The van der Waals surface area contributed by atoms with E-state index in [-0.39, 0.29) is 30.6 Å². The molecular weight excluding hydrogens is 482 g/mol. The maximum atomic E-state index is 12.9. The van der Waals surface area contributed by atoms with Gasteiger partial charge in [0.15, 0.2) is 0 Å². The number of nitrogens with one attached hydrogen (secondary N) is 1. The van der Waals surface area contributed by atoms with E-state index in [4.69, 9.17) is 14.5 Å². The van der Waals surface area contributed by atoms with E-state index < -0.39 is 23.2 Å². The summed E-state index contributed by atoms with van der Waals surface area (Å²) in [5, 5.41) is 12.4. The quantitative estimate of drug-likeness (QED) is 0.369. The number of carboxylic acid groups (broad SMARTS) is 1. The zero-order valence-electron chi connectivity index (χ0n) is 20.6. The fourth-order valence-electron chi connectivity index (χ4n) is 4.28. The third-order valence-electron chi connectivity index (χ3n) is 6.58. The van der Waals surface area contributed by atoms with Crippen LogP contribution in [0.2, 0.25) is 0 Å². The zero-order chi connectivity index (χ0) is 26.0.